The van der Waals surface area contributed by atoms with Gasteiger partial charge in [-0.1, -0.05) is 41.7 Å². The summed E-state index contributed by atoms with van der Waals surface area (Å²) < 4.78 is 11.5. The van der Waals surface area contributed by atoms with Gasteiger partial charge in [0.1, 0.15) is 0 Å². The molecule has 0 fully saturated rings. The highest BCUT2D eigenvalue weighted by molar-refractivity contribution is 7.60. The molecule has 0 saturated heterocycles. The van der Waals surface area contributed by atoms with E-state index in [4.69, 9.17) is 46.4 Å². The first-order valence-electron chi connectivity index (χ1n) is 5.05. The molecule has 1 aromatic carbocycles. The quantitative estimate of drug-likeness (QED) is 0.493. The van der Waals surface area contributed by atoms with Crippen LogP contribution >= 0.6 is 54.0 Å². The van der Waals surface area contributed by atoms with Gasteiger partial charge in [-0.3, -0.25) is 4.57 Å². The zero-order valence-corrected chi connectivity index (χ0v) is 13.3. The van der Waals surface area contributed by atoms with E-state index in [9.17, 15) is 14.4 Å². The van der Waals surface area contributed by atoms with Gasteiger partial charge < -0.3 is 9.79 Å². The van der Waals surface area contributed by atoms with Crippen molar-refractivity contribution in [1.82, 2.24) is 0 Å². The van der Waals surface area contributed by atoms with Gasteiger partial charge in [0.15, 0.2) is 0 Å². The van der Waals surface area contributed by atoms with E-state index >= 15 is 0 Å². The molecule has 0 spiro atoms. The number of benzene rings is 1. The molecule has 1 aromatic rings. The minimum Gasteiger partial charge on any atom is -0.321 e. The molecule has 0 unspecified atom stereocenters. The van der Waals surface area contributed by atoms with Crippen molar-refractivity contribution >= 4 is 59.3 Å². The number of alkyl halides is 1. The van der Waals surface area contributed by atoms with Gasteiger partial charge >= 0.3 is 7.60 Å². The molecule has 102 valence electrons. The molecular weight excluding hydrogens is 341 g/mol. The molecule has 0 aliphatic carbocycles. The molecule has 3 nitrogen and oxygen atoms in total. The Morgan fingerprint density at radius 1 is 1.06 bits per heavy atom. The molecule has 0 atom stereocenters. The molecule has 8 heteroatoms. The van der Waals surface area contributed by atoms with Crippen LogP contribution in [-0.4, -0.2) is 15.7 Å². The Bertz CT molecular complexity index is 513. The fourth-order valence-corrected chi connectivity index (χ4v) is 4.26. The third kappa shape index (κ3) is 3.16. The summed E-state index contributed by atoms with van der Waals surface area (Å²) in [4.78, 5) is 18.8. The SMILES string of the molecule is CCc1c(Cl)c(Cl)c(CCCl)c(P(=O)(O)O)c1Cl. The summed E-state index contributed by atoms with van der Waals surface area (Å²) in [6.45, 7) is 1.77. The second-order valence-corrected chi connectivity index (χ2v) is 6.63. The van der Waals surface area contributed by atoms with E-state index in [2.05, 4.69) is 0 Å². The molecule has 0 amide bonds. The standard InChI is InChI=1S/C10H11Cl4O3P/c1-2-5-7(12)8(13)6(3-4-11)10(9(5)14)18(15,16)17/h2-4H2,1H3,(H2,15,16,17). The first-order chi connectivity index (χ1) is 8.25. The second kappa shape index (κ2) is 6.32. The van der Waals surface area contributed by atoms with E-state index in [1.165, 1.54) is 0 Å². The van der Waals surface area contributed by atoms with Crippen LogP contribution in [-0.2, 0) is 17.4 Å². The largest absolute Gasteiger partial charge is 0.358 e. The molecule has 0 radical (unpaired) electrons. The minimum absolute atomic E-state index is 0.0275. The molecule has 1 rings (SSSR count). The summed E-state index contributed by atoms with van der Waals surface area (Å²) >= 11 is 23.7. The molecule has 0 aliphatic heterocycles. The van der Waals surface area contributed by atoms with Gasteiger partial charge in [0.05, 0.1) is 20.4 Å². The molecule has 0 aliphatic rings. The maximum Gasteiger partial charge on any atom is 0.358 e. The predicted molar refractivity (Wildman–Crippen MR) is 77.0 cm³/mol. The van der Waals surface area contributed by atoms with E-state index in [-0.39, 0.29) is 38.2 Å². The molecule has 0 heterocycles. The lowest BCUT2D eigenvalue weighted by Gasteiger charge is -2.18. The van der Waals surface area contributed by atoms with Crippen molar-refractivity contribution < 1.29 is 14.4 Å². The van der Waals surface area contributed by atoms with Gasteiger partial charge in [-0.25, -0.2) is 0 Å². The zero-order valence-electron chi connectivity index (χ0n) is 9.38. The Hall–Kier alpha value is 0.530. The van der Waals surface area contributed by atoms with Gasteiger partial charge in [-0.2, -0.15) is 0 Å². The summed E-state index contributed by atoms with van der Waals surface area (Å²) in [7, 11) is -4.54. The third-order valence-corrected chi connectivity index (χ3v) is 5.22. The van der Waals surface area contributed by atoms with Crippen molar-refractivity contribution in [3.63, 3.8) is 0 Å². The molecule has 0 bridgehead atoms. The summed E-state index contributed by atoms with van der Waals surface area (Å²) in [5.41, 5.74) is 0.646. The number of hydrogen-bond donors (Lipinski definition) is 2. The Labute approximate surface area is 125 Å². The minimum atomic E-state index is -4.54. The Morgan fingerprint density at radius 3 is 1.94 bits per heavy atom. The average Bonchev–Trinajstić information content (AvgIpc) is 2.25. The lowest BCUT2D eigenvalue weighted by atomic mass is 10.1. The van der Waals surface area contributed by atoms with Crippen LogP contribution in [0.4, 0.5) is 0 Å². The van der Waals surface area contributed by atoms with Crippen LogP contribution < -0.4 is 5.30 Å². The molecule has 2 N–H and O–H groups in total. The van der Waals surface area contributed by atoms with Gasteiger partial charge in [-0.15, -0.1) is 11.6 Å². The van der Waals surface area contributed by atoms with E-state index in [1.807, 2.05) is 0 Å². The van der Waals surface area contributed by atoms with Crippen LogP contribution in [0.2, 0.25) is 15.1 Å². The van der Waals surface area contributed by atoms with Crippen LogP contribution in [0.3, 0.4) is 0 Å². The van der Waals surface area contributed by atoms with Gasteiger partial charge in [0.25, 0.3) is 0 Å². The fraction of sp³-hybridized carbons (Fsp3) is 0.400. The normalized spacial score (nSPS) is 11.9. The van der Waals surface area contributed by atoms with Crippen molar-refractivity contribution in [2.24, 2.45) is 0 Å². The summed E-state index contributed by atoms with van der Waals surface area (Å²) in [5, 5.41) is 0.0368. The van der Waals surface area contributed by atoms with E-state index in [1.54, 1.807) is 6.92 Å². The maximum absolute atomic E-state index is 11.5. The van der Waals surface area contributed by atoms with E-state index in [0.717, 1.165) is 0 Å². The number of rotatable bonds is 4. The van der Waals surface area contributed by atoms with Crippen LogP contribution in [0.5, 0.6) is 0 Å². The lowest BCUT2D eigenvalue weighted by Crippen LogP contribution is -2.16. The van der Waals surface area contributed by atoms with Crippen LogP contribution in [0.1, 0.15) is 18.1 Å². The highest BCUT2D eigenvalue weighted by Gasteiger charge is 2.30. The van der Waals surface area contributed by atoms with E-state index in [0.29, 0.717) is 12.0 Å². The molecule has 0 aromatic heterocycles. The molecular formula is C10H11Cl4O3P. The number of hydrogen-bond acceptors (Lipinski definition) is 1. The smallest absolute Gasteiger partial charge is 0.321 e. The highest BCUT2D eigenvalue weighted by Crippen LogP contribution is 2.44. The Balaban J connectivity index is 3.75. The van der Waals surface area contributed by atoms with Crippen LogP contribution in [0.25, 0.3) is 0 Å². The summed E-state index contributed by atoms with van der Waals surface area (Å²) in [5.74, 6) is 0.158. The van der Waals surface area contributed by atoms with Crippen LogP contribution in [0, 0.1) is 0 Å². The Kier molecular flexibility index (Phi) is 5.82. The van der Waals surface area contributed by atoms with Crippen molar-refractivity contribution in [2.45, 2.75) is 19.8 Å². The second-order valence-electron chi connectivity index (χ2n) is 3.58. The maximum atomic E-state index is 11.5. The summed E-state index contributed by atoms with van der Waals surface area (Å²) in [6.07, 6.45) is 0.607. The van der Waals surface area contributed by atoms with Crippen molar-refractivity contribution in [1.29, 1.82) is 0 Å². The van der Waals surface area contributed by atoms with Crippen LogP contribution in [0.15, 0.2) is 0 Å². The van der Waals surface area contributed by atoms with Gasteiger partial charge in [0.2, 0.25) is 0 Å². The fourth-order valence-electron chi connectivity index (χ4n) is 1.68. The monoisotopic (exact) mass is 350 g/mol. The summed E-state index contributed by atoms with van der Waals surface area (Å²) in [6, 6.07) is 0. The Morgan fingerprint density at radius 2 is 1.56 bits per heavy atom. The van der Waals surface area contributed by atoms with Crippen molar-refractivity contribution in [2.75, 3.05) is 5.88 Å². The topological polar surface area (TPSA) is 57.5 Å². The van der Waals surface area contributed by atoms with Crippen molar-refractivity contribution in [3.8, 4) is 0 Å². The number of halogens is 4. The van der Waals surface area contributed by atoms with E-state index < -0.39 is 7.60 Å². The molecule has 0 saturated carbocycles. The average molecular weight is 352 g/mol. The van der Waals surface area contributed by atoms with Gasteiger partial charge in [0, 0.05) is 5.88 Å². The van der Waals surface area contributed by atoms with Crippen molar-refractivity contribution in [3.05, 3.63) is 26.2 Å². The van der Waals surface area contributed by atoms with Gasteiger partial charge in [-0.05, 0) is 24.0 Å². The lowest BCUT2D eigenvalue weighted by molar-refractivity contribution is 0.387. The predicted octanol–water partition coefficient (Wildman–Crippen LogP) is 3.79. The first-order valence-corrected chi connectivity index (χ1v) is 8.34. The molecule has 18 heavy (non-hydrogen) atoms. The first kappa shape index (κ1) is 16.6. The third-order valence-electron chi connectivity index (χ3n) is 2.47. The zero-order chi connectivity index (χ0) is 14.1. The highest BCUT2D eigenvalue weighted by atomic mass is 35.5.